The molecule has 13 heavy (non-hydrogen) atoms. The van der Waals surface area contributed by atoms with E-state index in [9.17, 15) is 8.42 Å². The lowest BCUT2D eigenvalue weighted by Gasteiger charge is -2.12. The van der Waals surface area contributed by atoms with Crippen LogP contribution < -0.4 is 5.32 Å². The molecule has 0 bridgehead atoms. The van der Waals surface area contributed by atoms with E-state index in [0.29, 0.717) is 18.2 Å². The lowest BCUT2D eigenvalue weighted by atomic mass is 10.3. The summed E-state index contributed by atoms with van der Waals surface area (Å²) in [5, 5.41) is 3.16. The second-order valence-corrected chi connectivity index (χ2v) is 5.56. The molecule has 0 aliphatic carbocycles. The third-order valence-electron chi connectivity index (χ3n) is 1.83. The number of hydrogen-bond acceptors (Lipinski definition) is 4. The third kappa shape index (κ3) is 3.48. The third-order valence-corrected chi connectivity index (χ3v) is 3.83. The van der Waals surface area contributed by atoms with Crippen LogP contribution in [0, 0.1) is 0 Å². The minimum Gasteiger partial charge on any atom is -0.471 e. The van der Waals surface area contributed by atoms with E-state index in [-0.39, 0.29) is 17.5 Å². The van der Waals surface area contributed by atoms with Crippen molar-refractivity contribution in [2.75, 3.05) is 18.1 Å². The number of sulfone groups is 1. The minimum atomic E-state index is -2.83. The zero-order valence-corrected chi connectivity index (χ0v) is 9.08. The second-order valence-electron chi connectivity index (χ2n) is 2.96. The van der Waals surface area contributed by atoms with Crippen molar-refractivity contribution in [2.24, 2.45) is 0 Å². The van der Waals surface area contributed by atoms with Gasteiger partial charge in [-0.15, -0.1) is 0 Å². The number of hydrogen-bond donors (Lipinski definition) is 1. The zero-order chi connectivity index (χ0) is 9.90. The lowest BCUT2D eigenvalue weighted by molar-refractivity contribution is 0.315. The molecule has 4 nitrogen and oxygen atoms in total. The maximum atomic E-state index is 11.1. The highest BCUT2D eigenvalue weighted by Gasteiger charge is 2.28. The van der Waals surface area contributed by atoms with Gasteiger partial charge in [0.25, 0.3) is 5.17 Å². The highest BCUT2D eigenvalue weighted by molar-refractivity contribution is 7.91. The van der Waals surface area contributed by atoms with E-state index in [2.05, 4.69) is 5.32 Å². The predicted octanol–water partition coefficient (Wildman–Crippen LogP) is 0.0845. The summed E-state index contributed by atoms with van der Waals surface area (Å²) >= 11 is 4.84. The van der Waals surface area contributed by atoms with Gasteiger partial charge in [0.05, 0.1) is 18.1 Å². The molecule has 1 atom stereocenters. The first-order valence-electron chi connectivity index (χ1n) is 4.17. The predicted molar refractivity (Wildman–Crippen MR) is 54.4 cm³/mol. The molecule has 1 fully saturated rings. The molecule has 76 valence electrons. The van der Waals surface area contributed by atoms with Crippen LogP contribution >= 0.6 is 12.2 Å². The molecule has 0 aromatic carbocycles. The van der Waals surface area contributed by atoms with Crippen LogP contribution in [0.2, 0.25) is 0 Å². The quantitative estimate of drug-likeness (QED) is 0.672. The molecule has 1 aliphatic rings. The molecule has 1 aliphatic heterocycles. The van der Waals surface area contributed by atoms with E-state index >= 15 is 0 Å². The normalized spacial score (nSPS) is 25.5. The molecule has 6 heteroatoms. The summed E-state index contributed by atoms with van der Waals surface area (Å²) in [6, 6.07) is -0.0657. The molecule has 0 amide bonds. The van der Waals surface area contributed by atoms with Crippen LogP contribution in [0.1, 0.15) is 13.3 Å². The summed E-state index contributed by atoms with van der Waals surface area (Å²) in [6.45, 7) is 2.34. The van der Waals surface area contributed by atoms with E-state index in [1.165, 1.54) is 0 Å². The highest BCUT2D eigenvalue weighted by atomic mass is 32.2. The van der Waals surface area contributed by atoms with Gasteiger partial charge in [0.1, 0.15) is 0 Å². The van der Waals surface area contributed by atoms with Gasteiger partial charge in [-0.25, -0.2) is 8.42 Å². The summed E-state index contributed by atoms with van der Waals surface area (Å²) in [5.74, 6) is 0.416. The first kappa shape index (κ1) is 10.7. The average Bonchev–Trinajstić information content (AvgIpc) is 2.30. The Hall–Kier alpha value is -0.360. The van der Waals surface area contributed by atoms with Gasteiger partial charge in [-0.2, -0.15) is 0 Å². The Balaban J connectivity index is 2.36. The van der Waals surface area contributed by atoms with Crippen LogP contribution in [0.3, 0.4) is 0 Å². The average molecular weight is 223 g/mol. The fourth-order valence-electron chi connectivity index (χ4n) is 1.25. The Kier molecular flexibility index (Phi) is 3.49. The van der Waals surface area contributed by atoms with Crippen molar-refractivity contribution in [1.82, 2.24) is 5.32 Å². The summed E-state index contributed by atoms with van der Waals surface area (Å²) in [6.07, 6.45) is 0.621. The molecular formula is C7H13NO3S2. The second kappa shape index (κ2) is 4.23. The highest BCUT2D eigenvalue weighted by Crippen LogP contribution is 2.11. The molecule has 1 unspecified atom stereocenters. The molecule has 0 aromatic heterocycles. The van der Waals surface area contributed by atoms with Gasteiger partial charge < -0.3 is 10.1 Å². The van der Waals surface area contributed by atoms with Crippen LogP contribution in [0.5, 0.6) is 0 Å². The van der Waals surface area contributed by atoms with E-state index in [0.717, 1.165) is 0 Å². The van der Waals surface area contributed by atoms with E-state index in [1.807, 2.05) is 6.92 Å². The van der Waals surface area contributed by atoms with Crippen LogP contribution in [0.15, 0.2) is 0 Å². The number of rotatable bonds is 2. The Labute approximate surface area is 83.6 Å². The molecule has 0 saturated carbocycles. The summed E-state index contributed by atoms with van der Waals surface area (Å²) in [4.78, 5) is 0. The first-order chi connectivity index (χ1) is 6.03. The Bertz CT molecular complexity index is 286. The van der Waals surface area contributed by atoms with Crippen molar-refractivity contribution in [3.05, 3.63) is 0 Å². The van der Waals surface area contributed by atoms with Crippen LogP contribution in [-0.4, -0.2) is 37.7 Å². The zero-order valence-electron chi connectivity index (χ0n) is 7.45. The van der Waals surface area contributed by atoms with Gasteiger partial charge in [0.2, 0.25) is 0 Å². The van der Waals surface area contributed by atoms with E-state index in [4.69, 9.17) is 17.0 Å². The monoisotopic (exact) mass is 223 g/mol. The van der Waals surface area contributed by atoms with Gasteiger partial charge in [0.15, 0.2) is 9.84 Å². The minimum absolute atomic E-state index is 0.0657. The first-order valence-corrected chi connectivity index (χ1v) is 6.40. The smallest absolute Gasteiger partial charge is 0.256 e. The van der Waals surface area contributed by atoms with E-state index in [1.54, 1.807) is 0 Å². The fraction of sp³-hybridized carbons (Fsp3) is 0.857. The summed E-state index contributed by atoms with van der Waals surface area (Å²) < 4.78 is 27.1. The van der Waals surface area contributed by atoms with Crippen molar-refractivity contribution in [1.29, 1.82) is 0 Å². The molecular weight excluding hydrogens is 210 g/mol. The largest absolute Gasteiger partial charge is 0.471 e. The molecule has 0 spiro atoms. The van der Waals surface area contributed by atoms with Crippen molar-refractivity contribution >= 4 is 27.2 Å². The van der Waals surface area contributed by atoms with Crippen molar-refractivity contribution in [3.8, 4) is 0 Å². The lowest BCUT2D eigenvalue weighted by Crippen LogP contribution is -2.35. The van der Waals surface area contributed by atoms with Crippen molar-refractivity contribution < 1.29 is 13.2 Å². The number of thiocarbonyl (C=S) groups is 1. The maximum Gasteiger partial charge on any atom is 0.256 e. The van der Waals surface area contributed by atoms with Gasteiger partial charge in [-0.05, 0) is 25.6 Å². The van der Waals surface area contributed by atoms with E-state index < -0.39 is 9.84 Å². The van der Waals surface area contributed by atoms with Crippen LogP contribution in [0.25, 0.3) is 0 Å². The van der Waals surface area contributed by atoms with Crippen LogP contribution in [0.4, 0.5) is 0 Å². The topological polar surface area (TPSA) is 55.4 Å². The van der Waals surface area contributed by atoms with Gasteiger partial charge in [-0.1, -0.05) is 0 Å². The molecule has 1 N–H and O–H groups in total. The Morgan fingerprint density at radius 3 is 2.85 bits per heavy atom. The van der Waals surface area contributed by atoms with Gasteiger partial charge in [0, 0.05) is 6.04 Å². The van der Waals surface area contributed by atoms with Crippen molar-refractivity contribution in [3.63, 3.8) is 0 Å². The summed E-state index contributed by atoms with van der Waals surface area (Å²) in [7, 11) is -2.83. The fourth-order valence-corrected chi connectivity index (χ4v) is 3.21. The Morgan fingerprint density at radius 2 is 2.38 bits per heavy atom. The number of ether oxygens (including phenoxy) is 1. The van der Waals surface area contributed by atoms with Gasteiger partial charge in [-0.3, -0.25) is 0 Å². The van der Waals surface area contributed by atoms with Crippen molar-refractivity contribution in [2.45, 2.75) is 19.4 Å². The number of nitrogens with one attached hydrogen (secondary N) is 1. The molecule has 0 aromatic rings. The SMILES string of the molecule is CCOC(=S)NC1CCS(=O)(=O)C1. The molecule has 1 rings (SSSR count). The molecule has 0 radical (unpaired) electrons. The standard InChI is InChI=1S/C7H13NO3S2/c1-2-11-7(12)8-6-3-4-13(9,10)5-6/h6H,2-5H2,1H3,(H,8,12). The summed E-state index contributed by atoms with van der Waals surface area (Å²) in [5.41, 5.74) is 0. The molecule has 1 heterocycles. The Morgan fingerprint density at radius 1 is 1.69 bits per heavy atom. The van der Waals surface area contributed by atoms with Gasteiger partial charge >= 0.3 is 0 Å². The maximum absolute atomic E-state index is 11.1. The van der Waals surface area contributed by atoms with Crippen LogP contribution in [-0.2, 0) is 14.6 Å². The molecule has 1 saturated heterocycles.